The SMILES string of the molecule is S=C1NC(c2ccccn2)C(c2cccn2-c2ccc3ccccc3c2)N1c1ccccc1. The smallest absolute Gasteiger partial charge is 0.174 e. The third kappa shape index (κ3) is 3.47. The number of aromatic nitrogens is 2. The van der Waals surface area contributed by atoms with Crippen molar-refractivity contribution >= 4 is 33.8 Å². The molecule has 33 heavy (non-hydrogen) atoms. The van der Waals surface area contributed by atoms with Crippen LogP contribution in [-0.4, -0.2) is 14.7 Å². The van der Waals surface area contributed by atoms with Crippen molar-refractivity contribution in [2.75, 3.05) is 4.90 Å². The molecule has 160 valence electrons. The lowest BCUT2D eigenvalue weighted by Crippen LogP contribution is -2.30. The van der Waals surface area contributed by atoms with Crippen LogP contribution in [0, 0.1) is 0 Å². The minimum absolute atomic E-state index is 0.0590. The van der Waals surface area contributed by atoms with Gasteiger partial charge >= 0.3 is 0 Å². The van der Waals surface area contributed by atoms with E-state index in [-0.39, 0.29) is 12.1 Å². The second-order valence-electron chi connectivity index (χ2n) is 8.17. The molecule has 1 aliphatic heterocycles. The summed E-state index contributed by atoms with van der Waals surface area (Å²) in [5.41, 5.74) is 4.30. The molecule has 0 saturated carbocycles. The molecule has 4 nitrogen and oxygen atoms in total. The Morgan fingerprint density at radius 2 is 1.52 bits per heavy atom. The van der Waals surface area contributed by atoms with Crippen molar-refractivity contribution in [3.05, 3.63) is 127 Å². The number of anilines is 1. The molecule has 1 N–H and O–H groups in total. The zero-order chi connectivity index (χ0) is 22.2. The molecule has 0 bridgehead atoms. The van der Waals surface area contributed by atoms with E-state index in [2.05, 4.69) is 98.8 Å². The number of nitrogens with zero attached hydrogens (tertiary/aromatic N) is 3. The molecule has 0 aliphatic carbocycles. The number of hydrogen-bond donors (Lipinski definition) is 1. The highest BCUT2D eigenvalue weighted by molar-refractivity contribution is 7.80. The Morgan fingerprint density at radius 3 is 2.33 bits per heavy atom. The number of pyridine rings is 1. The van der Waals surface area contributed by atoms with Gasteiger partial charge in [-0.15, -0.1) is 0 Å². The molecule has 5 heteroatoms. The highest BCUT2D eigenvalue weighted by atomic mass is 32.1. The maximum absolute atomic E-state index is 5.85. The summed E-state index contributed by atoms with van der Waals surface area (Å²) in [6.45, 7) is 0. The first-order valence-corrected chi connectivity index (χ1v) is 11.4. The maximum Gasteiger partial charge on any atom is 0.174 e. The topological polar surface area (TPSA) is 33.1 Å². The normalized spacial score (nSPS) is 17.9. The van der Waals surface area contributed by atoms with E-state index in [4.69, 9.17) is 12.2 Å². The lowest BCUT2D eigenvalue weighted by molar-refractivity contribution is 0.549. The summed E-state index contributed by atoms with van der Waals surface area (Å²) in [5, 5.41) is 6.70. The Hall–Kier alpha value is -3.96. The third-order valence-electron chi connectivity index (χ3n) is 6.23. The van der Waals surface area contributed by atoms with Gasteiger partial charge in [0.2, 0.25) is 0 Å². The van der Waals surface area contributed by atoms with Crippen LogP contribution in [0.15, 0.2) is 116 Å². The fraction of sp³-hybridized carbons (Fsp3) is 0.0714. The van der Waals surface area contributed by atoms with Crippen LogP contribution in [0.3, 0.4) is 0 Å². The van der Waals surface area contributed by atoms with E-state index in [1.807, 2.05) is 36.5 Å². The summed E-state index contributed by atoms with van der Waals surface area (Å²) < 4.78 is 2.26. The second-order valence-corrected chi connectivity index (χ2v) is 8.55. The lowest BCUT2D eigenvalue weighted by Gasteiger charge is -2.29. The van der Waals surface area contributed by atoms with Gasteiger partial charge in [0.15, 0.2) is 5.11 Å². The number of para-hydroxylation sites is 1. The van der Waals surface area contributed by atoms with Crippen LogP contribution < -0.4 is 10.2 Å². The van der Waals surface area contributed by atoms with Crippen LogP contribution in [0.25, 0.3) is 16.5 Å². The summed E-state index contributed by atoms with van der Waals surface area (Å²) in [6, 6.07) is 35.5. The van der Waals surface area contributed by atoms with Crippen molar-refractivity contribution in [1.82, 2.24) is 14.9 Å². The first kappa shape index (κ1) is 19.7. The quantitative estimate of drug-likeness (QED) is 0.333. The zero-order valence-corrected chi connectivity index (χ0v) is 18.7. The van der Waals surface area contributed by atoms with Crippen LogP contribution in [0.5, 0.6) is 0 Å². The highest BCUT2D eigenvalue weighted by Gasteiger charge is 2.42. The second kappa shape index (κ2) is 8.19. The monoisotopic (exact) mass is 446 g/mol. The van der Waals surface area contributed by atoms with Crippen molar-refractivity contribution < 1.29 is 0 Å². The number of hydrogen-bond acceptors (Lipinski definition) is 2. The molecule has 6 rings (SSSR count). The largest absolute Gasteiger partial charge is 0.351 e. The van der Waals surface area contributed by atoms with Gasteiger partial charge in [0.1, 0.15) is 6.04 Å². The van der Waals surface area contributed by atoms with Crippen LogP contribution in [0.2, 0.25) is 0 Å². The summed E-state index contributed by atoms with van der Waals surface area (Å²) in [5.74, 6) is 0. The van der Waals surface area contributed by atoms with E-state index in [1.165, 1.54) is 10.8 Å². The van der Waals surface area contributed by atoms with E-state index in [9.17, 15) is 0 Å². The van der Waals surface area contributed by atoms with Crippen LogP contribution in [0.4, 0.5) is 5.69 Å². The summed E-state index contributed by atoms with van der Waals surface area (Å²) >= 11 is 5.85. The zero-order valence-electron chi connectivity index (χ0n) is 17.9. The average molecular weight is 447 g/mol. The Bertz CT molecular complexity index is 1430. The van der Waals surface area contributed by atoms with Gasteiger partial charge in [-0.25, -0.2) is 0 Å². The molecule has 3 heterocycles. The van der Waals surface area contributed by atoms with Gasteiger partial charge < -0.3 is 14.8 Å². The van der Waals surface area contributed by atoms with Gasteiger partial charge in [0.25, 0.3) is 0 Å². The predicted molar refractivity (Wildman–Crippen MR) is 138 cm³/mol. The van der Waals surface area contributed by atoms with Crippen molar-refractivity contribution in [3.8, 4) is 5.69 Å². The molecular formula is C28H22N4S. The molecule has 0 radical (unpaired) electrons. The first-order chi connectivity index (χ1) is 16.3. The van der Waals surface area contributed by atoms with E-state index in [0.29, 0.717) is 5.11 Å². The fourth-order valence-corrected chi connectivity index (χ4v) is 5.06. The Kier molecular flexibility index (Phi) is 4.89. The minimum Gasteiger partial charge on any atom is -0.351 e. The molecule has 3 aromatic carbocycles. The van der Waals surface area contributed by atoms with Gasteiger partial charge in [-0.2, -0.15) is 0 Å². The highest BCUT2D eigenvalue weighted by Crippen LogP contribution is 2.42. The van der Waals surface area contributed by atoms with E-state index in [1.54, 1.807) is 0 Å². The fourth-order valence-electron chi connectivity index (χ4n) is 4.72. The summed E-state index contributed by atoms with van der Waals surface area (Å²) in [6.07, 6.45) is 3.96. The minimum atomic E-state index is -0.0759. The Balaban J connectivity index is 1.51. The van der Waals surface area contributed by atoms with E-state index < -0.39 is 0 Å². The Labute approximate surface area is 198 Å². The molecule has 1 fully saturated rings. The van der Waals surface area contributed by atoms with Gasteiger partial charge in [-0.05, 0) is 71.5 Å². The van der Waals surface area contributed by atoms with Crippen molar-refractivity contribution in [2.45, 2.75) is 12.1 Å². The van der Waals surface area contributed by atoms with Crippen molar-refractivity contribution in [1.29, 1.82) is 0 Å². The maximum atomic E-state index is 5.85. The van der Waals surface area contributed by atoms with Crippen LogP contribution in [0.1, 0.15) is 23.5 Å². The number of nitrogens with one attached hydrogen (secondary N) is 1. The number of thiocarbonyl (C=S) groups is 1. The van der Waals surface area contributed by atoms with E-state index in [0.717, 1.165) is 22.8 Å². The van der Waals surface area contributed by atoms with Gasteiger partial charge in [0.05, 0.1) is 11.7 Å². The van der Waals surface area contributed by atoms with Crippen molar-refractivity contribution in [2.24, 2.45) is 0 Å². The number of rotatable bonds is 4. The molecule has 2 aromatic heterocycles. The predicted octanol–water partition coefficient (Wildman–Crippen LogP) is 6.20. The lowest BCUT2D eigenvalue weighted by atomic mass is 10.0. The van der Waals surface area contributed by atoms with Gasteiger partial charge in [0, 0.05) is 29.5 Å². The molecule has 1 aliphatic rings. The van der Waals surface area contributed by atoms with Gasteiger partial charge in [-0.1, -0.05) is 54.6 Å². The third-order valence-corrected chi connectivity index (χ3v) is 6.54. The molecule has 2 atom stereocenters. The standard InChI is InChI=1S/C28H22N4S/c33-28-30-26(24-13-6-7-17-29-24)27(32(28)22-11-2-1-3-12-22)25-14-8-18-31(25)23-16-15-20-9-4-5-10-21(20)19-23/h1-19,26-27H,(H,30,33). The molecule has 0 amide bonds. The molecule has 5 aromatic rings. The van der Waals surface area contributed by atoms with Gasteiger partial charge in [-0.3, -0.25) is 4.98 Å². The molecule has 1 saturated heterocycles. The summed E-state index contributed by atoms with van der Waals surface area (Å²) in [4.78, 5) is 6.88. The number of fused-ring (bicyclic) bond motifs is 1. The van der Waals surface area contributed by atoms with Crippen LogP contribution in [-0.2, 0) is 0 Å². The Morgan fingerprint density at radius 1 is 0.727 bits per heavy atom. The first-order valence-electron chi connectivity index (χ1n) is 11.0. The average Bonchev–Trinajstić information content (AvgIpc) is 3.49. The van der Waals surface area contributed by atoms with E-state index >= 15 is 0 Å². The number of benzene rings is 3. The molecule has 2 unspecified atom stereocenters. The van der Waals surface area contributed by atoms with Crippen LogP contribution >= 0.6 is 12.2 Å². The molecule has 0 spiro atoms. The molecular weight excluding hydrogens is 424 g/mol. The van der Waals surface area contributed by atoms with Crippen molar-refractivity contribution in [3.63, 3.8) is 0 Å². The summed E-state index contributed by atoms with van der Waals surface area (Å²) in [7, 11) is 0.